The smallest absolute Gasteiger partial charge is 0.242 e. The number of halogens is 1. The fraction of sp³-hybridized carbons (Fsp3) is 0.818. The number of amides is 2. The van der Waals surface area contributed by atoms with E-state index >= 15 is 0 Å². The molecule has 1 unspecified atom stereocenters. The van der Waals surface area contributed by atoms with Crippen molar-refractivity contribution in [3.05, 3.63) is 0 Å². The first kappa shape index (κ1) is 12.9. The van der Waals surface area contributed by atoms with E-state index < -0.39 is 6.04 Å². The van der Waals surface area contributed by atoms with Gasteiger partial charge in [-0.15, -0.1) is 0 Å². The third kappa shape index (κ3) is 4.59. The molecule has 0 aromatic heterocycles. The fourth-order valence-electron chi connectivity index (χ4n) is 1.72. The topological polar surface area (TPSA) is 58.2 Å². The predicted molar refractivity (Wildman–Crippen MR) is 58.6 cm³/mol. The van der Waals surface area contributed by atoms with E-state index in [1.165, 1.54) is 0 Å². The van der Waals surface area contributed by atoms with Gasteiger partial charge in [-0.2, -0.15) is 0 Å². The van der Waals surface area contributed by atoms with E-state index in [9.17, 15) is 14.0 Å². The maximum absolute atomic E-state index is 11.8. The van der Waals surface area contributed by atoms with Crippen LogP contribution in [0.15, 0.2) is 0 Å². The molecule has 0 aromatic carbocycles. The molecule has 2 N–H and O–H groups in total. The second-order valence-corrected chi connectivity index (χ2v) is 4.05. The Labute approximate surface area is 95.0 Å². The summed E-state index contributed by atoms with van der Waals surface area (Å²) in [5.74, 6) is -0.199. The number of unbranched alkanes of at least 4 members (excludes halogenated alkanes) is 1. The summed E-state index contributed by atoms with van der Waals surface area (Å²) >= 11 is 0. The monoisotopic (exact) mass is 230 g/mol. The van der Waals surface area contributed by atoms with Crippen molar-refractivity contribution in [2.24, 2.45) is 0 Å². The van der Waals surface area contributed by atoms with Gasteiger partial charge >= 0.3 is 0 Å². The minimum Gasteiger partial charge on any atom is -0.354 e. The van der Waals surface area contributed by atoms with Crippen molar-refractivity contribution in [3.8, 4) is 0 Å². The summed E-state index contributed by atoms with van der Waals surface area (Å²) in [5.41, 5.74) is 0. The second kappa shape index (κ2) is 7.19. The number of carbonyl (C=O) groups is 2. The molecule has 0 aromatic rings. The molecule has 0 aliphatic carbocycles. The maximum Gasteiger partial charge on any atom is 0.242 e. The SMILES string of the molecule is O=C1CCCCC(C(=O)NCCCCF)N1. The van der Waals surface area contributed by atoms with Crippen LogP contribution in [0.4, 0.5) is 4.39 Å². The highest BCUT2D eigenvalue weighted by Gasteiger charge is 2.22. The minimum absolute atomic E-state index is 0.0543. The van der Waals surface area contributed by atoms with Crippen LogP contribution >= 0.6 is 0 Å². The van der Waals surface area contributed by atoms with Gasteiger partial charge in [0.25, 0.3) is 0 Å². The Hall–Kier alpha value is -1.13. The van der Waals surface area contributed by atoms with Crippen molar-refractivity contribution in [1.82, 2.24) is 10.6 Å². The average molecular weight is 230 g/mol. The van der Waals surface area contributed by atoms with Gasteiger partial charge in [0, 0.05) is 13.0 Å². The van der Waals surface area contributed by atoms with Crippen LogP contribution in [0.5, 0.6) is 0 Å². The first-order valence-electron chi connectivity index (χ1n) is 5.87. The predicted octanol–water partition coefficient (Wildman–Crippen LogP) is 0.911. The zero-order valence-electron chi connectivity index (χ0n) is 9.43. The molecule has 1 fully saturated rings. The van der Waals surface area contributed by atoms with Crippen molar-refractivity contribution in [3.63, 3.8) is 0 Å². The standard InChI is InChI=1S/C11H19FN2O2/c12-7-3-4-8-13-11(16)9-5-1-2-6-10(15)14-9/h9H,1-8H2,(H,13,16)(H,14,15). The quantitative estimate of drug-likeness (QED) is 0.690. The number of alkyl halides is 1. The normalized spacial score (nSPS) is 21.1. The third-order valence-corrected chi connectivity index (χ3v) is 2.66. The molecule has 4 nitrogen and oxygen atoms in total. The van der Waals surface area contributed by atoms with Crippen molar-refractivity contribution in [2.45, 2.75) is 44.6 Å². The molecule has 1 rings (SSSR count). The van der Waals surface area contributed by atoms with Crippen LogP contribution < -0.4 is 10.6 Å². The van der Waals surface area contributed by atoms with Gasteiger partial charge in [0.2, 0.25) is 11.8 Å². The number of nitrogens with one attached hydrogen (secondary N) is 2. The lowest BCUT2D eigenvalue weighted by Gasteiger charge is -2.15. The Morgan fingerprint density at radius 3 is 3.00 bits per heavy atom. The highest BCUT2D eigenvalue weighted by molar-refractivity contribution is 5.87. The van der Waals surface area contributed by atoms with Crippen molar-refractivity contribution in [2.75, 3.05) is 13.2 Å². The lowest BCUT2D eigenvalue weighted by molar-refractivity contribution is -0.128. The molecule has 0 saturated carbocycles. The Bertz CT molecular complexity index is 246. The third-order valence-electron chi connectivity index (χ3n) is 2.66. The van der Waals surface area contributed by atoms with E-state index in [1.54, 1.807) is 0 Å². The summed E-state index contributed by atoms with van der Waals surface area (Å²) in [6.07, 6.45) is 4.05. The molecule has 1 saturated heterocycles. The summed E-state index contributed by atoms with van der Waals surface area (Å²) in [6, 6.07) is -0.402. The molecule has 0 bridgehead atoms. The van der Waals surface area contributed by atoms with E-state index in [1.807, 2.05) is 0 Å². The zero-order chi connectivity index (χ0) is 11.8. The van der Waals surface area contributed by atoms with E-state index in [0.29, 0.717) is 32.2 Å². The number of hydrogen-bond donors (Lipinski definition) is 2. The van der Waals surface area contributed by atoms with Crippen LogP contribution in [-0.2, 0) is 9.59 Å². The molecule has 0 spiro atoms. The van der Waals surface area contributed by atoms with Crippen molar-refractivity contribution >= 4 is 11.8 Å². The highest BCUT2D eigenvalue weighted by Crippen LogP contribution is 2.09. The van der Waals surface area contributed by atoms with Gasteiger partial charge < -0.3 is 10.6 Å². The first-order chi connectivity index (χ1) is 7.74. The molecular formula is C11H19FN2O2. The summed E-state index contributed by atoms with van der Waals surface area (Å²) in [4.78, 5) is 22.9. The molecule has 5 heteroatoms. The Kier molecular flexibility index (Phi) is 5.82. The molecule has 0 radical (unpaired) electrons. The Morgan fingerprint density at radius 2 is 2.25 bits per heavy atom. The molecule has 1 atom stereocenters. The van der Waals surface area contributed by atoms with Crippen molar-refractivity contribution in [1.29, 1.82) is 0 Å². The van der Waals surface area contributed by atoms with E-state index in [0.717, 1.165) is 12.8 Å². The molecule has 1 heterocycles. The van der Waals surface area contributed by atoms with Crippen LogP contribution in [0.25, 0.3) is 0 Å². The van der Waals surface area contributed by atoms with Gasteiger partial charge in [-0.05, 0) is 25.7 Å². The Morgan fingerprint density at radius 1 is 1.44 bits per heavy atom. The number of hydrogen-bond acceptors (Lipinski definition) is 2. The van der Waals surface area contributed by atoms with Gasteiger partial charge in [-0.1, -0.05) is 6.42 Å². The van der Waals surface area contributed by atoms with Crippen LogP contribution in [0.3, 0.4) is 0 Å². The van der Waals surface area contributed by atoms with E-state index in [-0.39, 0.29) is 18.5 Å². The molecule has 16 heavy (non-hydrogen) atoms. The van der Waals surface area contributed by atoms with Crippen LogP contribution in [0.2, 0.25) is 0 Å². The Balaban J connectivity index is 2.25. The first-order valence-corrected chi connectivity index (χ1v) is 5.87. The summed E-state index contributed by atoms with van der Waals surface area (Å²) in [7, 11) is 0. The van der Waals surface area contributed by atoms with Gasteiger partial charge in [0.05, 0.1) is 6.67 Å². The maximum atomic E-state index is 11.8. The lowest BCUT2D eigenvalue weighted by atomic mass is 10.1. The minimum atomic E-state index is -0.402. The molecule has 1 aliphatic rings. The van der Waals surface area contributed by atoms with Gasteiger partial charge in [0.15, 0.2) is 0 Å². The van der Waals surface area contributed by atoms with Crippen molar-refractivity contribution < 1.29 is 14.0 Å². The van der Waals surface area contributed by atoms with Gasteiger partial charge in [0.1, 0.15) is 6.04 Å². The average Bonchev–Trinajstić information content (AvgIpc) is 2.49. The molecule has 2 amide bonds. The summed E-state index contributed by atoms with van der Waals surface area (Å²) in [5, 5.41) is 5.41. The largest absolute Gasteiger partial charge is 0.354 e. The van der Waals surface area contributed by atoms with Gasteiger partial charge in [-0.25, -0.2) is 0 Å². The number of carbonyl (C=O) groups excluding carboxylic acids is 2. The van der Waals surface area contributed by atoms with Crippen LogP contribution in [-0.4, -0.2) is 31.1 Å². The summed E-state index contributed by atoms with van der Waals surface area (Å²) < 4.78 is 11.8. The highest BCUT2D eigenvalue weighted by atomic mass is 19.1. The summed E-state index contributed by atoms with van der Waals surface area (Å²) in [6.45, 7) is 0.130. The van der Waals surface area contributed by atoms with Gasteiger partial charge in [-0.3, -0.25) is 14.0 Å². The molecule has 92 valence electrons. The van der Waals surface area contributed by atoms with E-state index in [4.69, 9.17) is 0 Å². The van der Waals surface area contributed by atoms with Crippen LogP contribution in [0, 0.1) is 0 Å². The lowest BCUT2D eigenvalue weighted by Crippen LogP contribution is -2.45. The molecule has 1 aliphatic heterocycles. The fourth-order valence-corrected chi connectivity index (χ4v) is 1.72. The molecular weight excluding hydrogens is 211 g/mol. The second-order valence-electron chi connectivity index (χ2n) is 4.05. The van der Waals surface area contributed by atoms with E-state index in [2.05, 4.69) is 10.6 Å². The zero-order valence-corrected chi connectivity index (χ0v) is 9.43. The number of rotatable bonds is 5. The van der Waals surface area contributed by atoms with Crippen LogP contribution in [0.1, 0.15) is 38.5 Å².